The monoisotopic (exact) mass is 300 g/mol. The molecular weight excluding hydrogens is 276 g/mol. The smallest absolute Gasteiger partial charge is 0.302 e. The predicted molar refractivity (Wildman–Crippen MR) is 89.8 cm³/mol. The van der Waals surface area contributed by atoms with Crippen molar-refractivity contribution in [2.45, 2.75) is 45.6 Å². The minimum absolute atomic E-state index is 0.0105. The molecule has 0 bridgehead atoms. The first-order valence-electron chi connectivity index (χ1n) is 7.46. The summed E-state index contributed by atoms with van der Waals surface area (Å²) in [6.45, 7) is 3.52. The van der Waals surface area contributed by atoms with E-state index in [1.165, 1.54) is 6.92 Å². The van der Waals surface area contributed by atoms with Gasteiger partial charge in [-0.15, -0.1) is 0 Å². The summed E-state index contributed by atoms with van der Waals surface area (Å²) in [6.07, 6.45) is 14.2. The number of hydrogen-bond acceptors (Lipinski definition) is 3. The lowest BCUT2D eigenvalue weighted by molar-refractivity contribution is -0.146. The summed E-state index contributed by atoms with van der Waals surface area (Å²) in [6, 6.07) is 0. The highest BCUT2D eigenvalue weighted by molar-refractivity contribution is 5.66. The van der Waals surface area contributed by atoms with E-state index < -0.39 is 0 Å². The van der Waals surface area contributed by atoms with Gasteiger partial charge < -0.3 is 9.84 Å². The first-order chi connectivity index (χ1) is 10.7. The van der Waals surface area contributed by atoms with Crippen molar-refractivity contribution in [2.75, 3.05) is 6.61 Å². The molecule has 0 radical (unpaired) electrons. The number of aliphatic hydroxyl groups is 1. The Morgan fingerprint density at radius 2 is 1.86 bits per heavy atom. The van der Waals surface area contributed by atoms with Crippen molar-refractivity contribution in [1.29, 1.82) is 0 Å². The Balaban J connectivity index is 3.99. The maximum absolute atomic E-state index is 11.0. The Hall–Kier alpha value is -2.23. The van der Waals surface area contributed by atoms with Gasteiger partial charge in [0.2, 0.25) is 0 Å². The van der Waals surface area contributed by atoms with Crippen molar-refractivity contribution in [1.82, 2.24) is 0 Å². The van der Waals surface area contributed by atoms with Gasteiger partial charge in [-0.25, -0.2) is 0 Å². The Kier molecular flexibility index (Phi) is 13.6. The third kappa shape index (κ3) is 14.2. The second kappa shape index (κ2) is 15.2. The average molecular weight is 300 g/mol. The van der Waals surface area contributed by atoms with E-state index in [9.17, 15) is 4.79 Å². The lowest BCUT2D eigenvalue weighted by atomic mass is 10.1. The van der Waals surface area contributed by atoms with Crippen LogP contribution in [0.25, 0.3) is 0 Å². The maximum atomic E-state index is 11.0. The molecule has 0 aliphatic carbocycles. The molecule has 0 aliphatic heterocycles. The van der Waals surface area contributed by atoms with Crippen LogP contribution in [-0.2, 0) is 9.53 Å². The summed E-state index contributed by atoms with van der Waals surface area (Å²) in [7, 11) is 0. The first-order valence-corrected chi connectivity index (χ1v) is 7.46. The van der Waals surface area contributed by atoms with Crippen molar-refractivity contribution < 1.29 is 14.6 Å². The Morgan fingerprint density at radius 3 is 2.50 bits per heavy atom. The molecule has 0 aromatic carbocycles. The van der Waals surface area contributed by atoms with E-state index in [0.717, 1.165) is 25.7 Å². The van der Waals surface area contributed by atoms with E-state index in [1.54, 1.807) is 18.2 Å². The van der Waals surface area contributed by atoms with Crippen molar-refractivity contribution in [3.8, 4) is 23.7 Å². The van der Waals surface area contributed by atoms with Gasteiger partial charge in [0, 0.05) is 6.92 Å². The maximum Gasteiger partial charge on any atom is 0.302 e. The van der Waals surface area contributed by atoms with Gasteiger partial charge in [0.1, 0.15) is 6.10 Å². The summed E-state index contributed by atoms with van der Waals surface area (Å²) < 4.78 is 5.24. The minimum Gasteiger partial charge on any atom is -0.463 e. The number of allylic oxidation sites excluding steroid dienone is 5. The fourth-order valence-corrected chi connectivity index (χ4v) is 1.65. The molecule has 0 fully saturated rings. The first kappa shape index (κ1) is 19.8. The lowest BCUT2D eigenvalue weighted by Gasteiger charge is -2.14. The van der Waals surface area contributed by atoms with Gasteiger partial charge >= 0.3 is 5.97 Å². The number of esters is 1. The van der Waals surface area contributed by atoms with E-state index in [-0.39, 0.29) is 18.7 Å². The van der Waals surface area contributed by atoms with Crippen LogP contribution in [0.15, 0.2) is 36.5 Å². The van der Waals surface area contributed by atoms with Crippen LogP contribution in [0.2, 0.25) is 0 Å². The fraction of sp³-hybridized carbons (Fsp3) is 0.421. The van der Waals surface area contributed by atoms with Crippen molar-refractivity contribution >= 4 is 5.97 Å². The zero-order valence-electron chi connectivity index (χ0n) is 13.3. The van der Waals surface area contributed by atoms with Crippen molar-refractivity contribution in [3.63, 3.8) is 0 Å². The highest BCUT2D eigenvalue weighted by atomic mass is 16.5. The van der Waals surface area contributed by atoms with E-state index >= 15 is 0 Å². The largest absolute Gasteiger partial charge is 0.463 e. The number of carbonyl (C=O) groups excluding carboxylic acids is 1. The van der Waals surface area contributed by atoms with E-state index in [4.69, 9.17) is 9.84 Å². The number of rotatable bonds is 8. The molecule has 0 saturated heterocycles. The minimum atomic E-state index is -0.215. The van der Waals surface area contributed by atoms with Crippen LogP contribution >= 0.6 is 0 Å². The molecule has 3 nitrogen and oxygen atoms in total. The van der Waals surface area contributed by atoms with Crippen LogP contribution in [0, 0.1) is 23.7 Å². The predicted octanol–water partition coefficient (Wildman–Crippen LogP) is 3.17. The number of aliphatic hydroxyl groups excluding tert-OH is 1. The highest BCUT2D eigenvalue weighted by Crippen LogP contribution is 2.10. The van der Waals surface area contributed by atoms with E-state index in [0.29, 0.717) is 0 Å². The summed E-state index contributed by atoms with van der Waals surface area (Å²) in [5.41, 5.74) is 0. The van der Waals surface area contributed by atoms with Crippen molar-refractivity contribution in [2.24, 2.45) is 0 Å². The molecule has 1 N–H and O–H groups in total. The molecule has 1 atom stereocenters. The Morgan fingerprint density at radius 1 is 1.14 bits per heavy atom. The second-order valence-corrected chi connectivity index (χ2v) is 4.51. The normalized spacial score (nSPS) is 12.0. The van der Waals surface area contributed by atoms with Gasteiger partial charge in [-0.1, -0.05) is 49.5 Å². The molecule has 3 heteroatoms. The SMILES string of the molecule is CCC[C@H](CC/C=C/C=C/C#CC#C/C=C/CO)OC(C)=O. The molecule has 0 unspecified atom stereocenters. The van der Waals surface area contributed by atoms with Crippen LogP contribution in [0.3, 0.4) is 0 Å². The molecule has 0 saturated carbocycles. The lowest BCUT2D eigenvalue weighted by Crippen LogP contribution is -2.15. The molecule has 118 valence electrons. The standard InChI is InChI=1S/C19H24O3/c1-3-15-19(22-18(2)21)16-13-11-9-7-5-4-6-8-10-12-14-17-20/h5,7,9,11-12,14,19-20H,3,13,15-17H2,1-2H3/b7-5+,11-9+,14-12+/t19-/m1/s1. The Bertz CT molecular complexity index is 504. The van der Waals surface area contributed by atoms with E-state index in [2.05, 4.69) is 30.6 Å². The second-order valence-electron chi connectivity index (χ2n) is 4.51. The summed E-state index contributed by atoms with van der Waals surface area (Å²) in [5.74, 6) is 10.6. The van der Waals surface area contributed by atoms with E-state index in [1.807, 2.05) is 18.2 Å². The molecular formula is C19H24O3. The number of ether oxygens (including phenoxy) is 1. The van der Waals surface area contributed by atoms with Crippen molar-refractivity contribution in [3.05, 3.63) is 36.5 Å². The zero-order valence-corrected chi connectivity index (χ0v) is 13.3. The Labute approximate surface area is 133 Å². The fourth-order valence-electron chi connectivity index (χ4n) is 1.65. The molecule has 0 heterocycles. The zero-order chi connectivity index (χ0) is 16.5. The van der Waals surface area contributed by atoms with Gasteiger partial charge in [-0.05, 0) is 43.3 Å². The molecule has 0 aromatic heterocycles. The molecule has 0 rings (SSSR count). The topological polar surface area (TPSA) is 46.5 Å². The summed E-state index contributed by atoms with van der Waals surface area (Å²) in [5, 5.41) is 8.48. The quantitative estimate of drug-likeness (QED) is 0.425. The summed E-state index contributed by atoms with van der Waals surface area (Å²) >= 11 is 0. The molecule has 0 spiro atoms. The van der Waals surface area contributed by atoms with Crippen LogP contribution in [-0.4, -0.2) is 23.8 Å². The molecule has 0 aromatic rings. The summed E-state index contributed by atoms with van der Waals surface area (Å²) in [4.78, 5) is 11.0. The van der Waals surface area contributed by atoms with Gasteiger partial charge in [0.15, 0.2) is 0 Å². The third-order valence-corrected chi connectivity index (χ3v) is 2.54. The van der Waals surface area contributed by atoms with Gasteiger partial charge in [0.05, 0.1) is 6.61 Å². The van der Waals surface area contributed by atoms with Gasteiger partial charge in [-0.3, -0.25) is 4.79 Å². The van der Waals surface area contributed by atoms with Crippen LogP contribution in [0.4, 0.5) is 0 Å². The number of hydrogen-bond donors (Lipinski definition) is 1. The van der Waals surface area contributed by atoms with Crippen LogP contribution in [0.1, 0.15) is 39.5 Å². The third-order valence-electron chi connectivity index (χ3n) is 2.54. The molecule has 0 aliphatic rings. The molecule has 0 amide bonds. The number of carbonyl (C=O) groups is 1. The van der Waals surface area contributed by atoms with Gasteiger partial charge in [0.25, 0.3) is 0 Å². The van der Waals surface area contributed by atoms with Gasteiger partial charge in [-0.2, -0.15) is 0 Å². The van der Waals surface area contributed by atoms with Crippen LogP contribution < -0.4 is 0 Å². The highest BCUT2D eigenvalue weighted by Gasteiger charge is 2.09. The van der Waals surface area contributed by atoms with Crippen LogP contribution in [0.5, 0.6) is 0 Å². The average Bonchev–Trinajstić information content (AvgIpc) is 2.48. The molecule has 22 heavy (non-hydrogen) atoms.